The van der Waals surface area contributed by atoms with Crippen molar-refractivity contribution in [2.45, 2.75) is 45.1 Å². The number of amides is 3. The molecule has 4 N–H and O–H groups in total. The first-order valence-corrected chi connectivity index (χ1v) is 14.7. The molecule has 1 aromatic heterocycles. The summed E-state index contributed by atoms with van der Waals surface area (Å²) < 4.78 is 76.1. The van der Waals surface area contributed by atoms with Gasteiger partial charge in [0, 0.05) is 23.7 Å². The van der Waals surface area contributed by atoms with Crippen molar-refractivity contribution in [3.8, 4) is 23.0 Å². The predicted octanol–water partition coefficient (Wildman–Crippen LogP) is 5.95. The Balaban J connectivity index is 1.49. The summed E-state index contributed by atoms with van der Waals surface area (Å²) in [6.45, 7) is -1.55. The van der Waals surface area contributed by atoms with E-state index in [9.17, 15) is 31.9 Å². The normalized spacial score (nSPS) is 13.8. The Morgan fingerprint density at radius 2 is 1.77 bits per heavy atom. The Morgan fingerprint density at radius 1 is 1.02 bits per heavy atom. The van der Waals surface area contributed by atoms with Gasteiger partial charge in [0.1, 0.15) is 24.3 Å². The fourth-order valence-corrected chi connectivity index (χ4v) is 4.69. The number of nitrogens with one attached hydrogen (secondary N) is 2. The van der Waals surface area contributed by atoms with Crippen LogP contribution < -0.4 is 25.8 Å². The maximum Gasteiger partial charge on any atom is 0.405 e. The molecular formula is C33H30F4N4O7. The number of oxazole rings is 1. The minimum atomic E-state index is -3.16. The fourth-order valence-electron chi connectivity index (χ4n) is 4.69. The number of hydrogen-bond donors (Lipinski definition) is 3. The number of aromatic nitrogens is 1. The minimum absolute atomic E-state index is 0.0119. The number of benzene rings is 3. The second-order valence-corrected chi connectivity index (χ2v) is 10.9. The van der Waals surface area contributed by atoms with Gasteiger partial charge in [-0.3, -0.25) is 9.59 Å². The SMILES string of the molecule is C[C@H](OC(N)=O)c1oc(-c2ccc(OC(F)F)c(OCc3ccccc3)c2)nc1C(=O)NC(C(=O)NCC1CC1)c1ccc(F)cc1F. The van der Waals surface area contributed by atoms with Gasteiger partial charge in [-0.1, -0.05) is 36.4 Å². The molecule has 1 heterocycles. The van der Waals surface area contributed by atoms with E-state index in [1.807, 2.05) is 0 Å². The highest BCUT2D eigenvalue weighted by molar-refractivity contribution is 5.97. The van der Waals surface area contributed by atoms with Crippen LogP contribution in [0.2, 0.25) is 0 Å². The molecule has 0 spiro atoms. The van der Waals surface area contributed by atoms with Crippen LogP contribution in [0, 0.1) is 17.6 Å². The van der Waals surface area contributed by atoms with Gasteiger partial charge in [0.2, 0.25) is 11.8 Å². The van der Waals surface area contributed by atoms with Gasteiger partial charge in [0.25, 0.3) is 5.91 Å². The third kappa shape index (κ3) is 8.60. The second-order valence-electron chi connectivity index (χ2n) is 10.9. The Hall–Kier alpha value is -5.60. The van der Waals surface area contributed by atoms with Crippen molar-refractivity contribution in [1.29, 1.82) is 0 Å². The minimum Gasteiger partial charge on any atom is -0.485 e. The van der Waals surface area contributed by atoms with E-state index >= 15 is 0 Å². The van der Waals surface area contributed by atoms with E-state index in [1.165, 1.54) is 25.1 Å². The molecule has 0 saturated heterocycles. The van der Waals surface area contributed by atoms with E-state index in [2.05, 4.69) is 20.4 Å². The van der Waals surface area contributed by atoms with Crippen molar-refractivity contribution in [2.75, 3.05) is 6.54 Å². The number of nitrogens with zero attached hydrogens (tertiary/aromatic N) is 1. The van der Waals surface area contributed by atoms with E-state index < -0.39 is 54.0 Å². The first-order valence-electron chi connectivity index (χ1n) is 14.7. The van der Waals surface area contributed by atoms with Gasteiger partial charge in [-0.05, 0) is 55.5 Å². The van der Waals surface area contributed by atoms with Gasteiger partial charge >= 0.3 is 12.7 Å². The molecule has 0 bridgehead atoms. The van der Waals surface area contributed by atoms with E-state index in [-0.39, 0.29) is 53.3 Å². The number of carbonyl (C=O) groups is 3. The Labute approximate surface area is 271 Å². The summed E-state index contributed by atoms with van der Waals surface area (Å²) in [5, 5.41) is 5.07. The van der Waals surface area contributed by atoms with Crippen LogP contribution >= 0.6 is 0 Å². The lowest BCUT2D eigenvalue weighted by Crippen LogP contribution is -2.42. The number of alkyl halides is 2. The number of primary amides is 1. The molecule has 1 saturated carbocycles. The van der Waals surface area contributed by atoms with Crippen LogP contribution in [-0.4, -0.2) is 36.0 Å². The smallest absolute Gasteiger partial charge is 0.405 e. The summed E-state index contributed by atoms with van der Waals surface area (Å²) in [6.07, 6.45) is -0.689. The number of rotatable bonds is 14. The topological polar surface area (TPSA) is 155 Å². The second kappa shape index (κ2) is 14.9. The van der Waals surface area contributed by atoms with E-state index in [0.29, 0.717) is 6.07 Å². The van der Waals surface area contributed by atoms with Crippen molar-refractivity contribution >= 4 is 17.9 Å². The van der Waals surface area contributed by atoms with Crippen LogP contribution in [0.1, 0.15) is 59.3 Å². The fraction of sp³-hybridized carbons (Fsp3) is 0.273. The summed E-state index contributed by atoms with van der Waals surface area (Å²) in [7, 11) is 0. The van der Waals surface area contributed by atoms with Crippen LogP contribution in [0.5, 0.6) is 11.5 Å². The molecule has 5 rings (SSSR count). The summed E-state index contributed by atoms with van der Waals surface area (Å²) in [5.74, 6) is -4.48. The number of carbonyl (C=O) groups excluding carboxylic acids is 3. The molecule has 15 heteroatoms. The molecule has 11 nitrogen and oxygen atoms in total. The highest BCUT2D eigenvalue weighted by Gasteiger charge is 2.33. The number of ether oxygens (including phenoxy) is 3. The maximum absolute atomic E-state index is 14.9. The van der Waals surface area contributed by atoms with Gasteiger partial charge in [-0.15, -0.1) is 0 Å². The van der Waals surface area contributed by atoms with Gasteiger partial charge in [-0.2, -0.15) is 8.78 Å². The largest absolute Gasteiger partial charge is 0.485 e. The molecule has 4 aromatic rings. The number of nitrogens with two attached hydrogens (primary N) is 1. The third-order valence-corrected chi connectivity index (χ3v) is 7.25. The zero-order valence-corrected chi connectivity index (χ0v) is 25.4. The average Bonchev–Trinajstić information content (AvgIpc) is 3.77. The van der Waals surface area contributed by atoms with Gasteiger partial charge in [0.15, 0.2) is 29.1 Å². The predicted molar refractivity (Wildman–Crippen MR) is 161 cm³/mol. The van der Waals surface area contributed by atoms with Gasteiger partial charge < -0.3 is 35.0 Å². The summed E-state index contributed by atoms with van der Waals surface area (Å²) in [5.41, 5.74) is 5.25. The summed E-state index contributed by atoms with van der Waals surface area (Å²) >= 11 is 0. The first-order chi connectivity index (χ1) is 23.0. The van der Waals surface area contributed by atoms with Crippen molar-refractivity contribution in [3.63, 3.8) is 0 Å². The summed E-state index contributed by atoms with van der Waals surface area (Å²) in [6, 6.07) is 13.6. The lowest BCUT2D eigenvalue weighted by Gasteiger charge is -2.19. The molecule has 0 radical (unpaired) electrons. The lowest BCUT2D eigenvalue weighted by atomic mass is 10.0. The molecule has 3 aromatic carbocycles. The van der Waals surface area contributed by atoms with Crippen molar-refractivity contribution in [1.82, 2.24) is 15.6 Å². The molecule has 0 aliphatic heterocycles. The maximum atomic E-state index is 14.9. The molecule has 3 amide bonds. The van der Waals surface area contributed by atoms with Crippen molar-refractivity contribution in [3.05, 3.63) is 101 Å². The van der Waals surface area contributed by atoms with E-state index in [1.54, 1.807) is 30.3 Å². The zero-order chi connectivity index (χ0) is 34.4. The van der Waals surface area contributed by atoms with Gasteiger partial charge in [-0.25, -0.2) is 18.6 Å². The van der Waals surface area contributed by atoms with Crippen LogP contribution in [0.4, 0.5) is 22.4 Å². The molecule has 1 fully saturated rings. The van der Waals surface area contributed by atoms with E-state index in [0.717, 1.165) is 30.5 Å². The quantitative estimate of drug-likeness (QED) is 0.139. The monoisotopic (exact) mass is 670 g/mol. The van der Waals surface area contributed by atoms with Crippen LogP contribution in [0.3, 0.4) is 0 Å². The van der Waals surface area contributed by atoms with Gasteiger partial charge in [0.05, 0.1) is 0 Å². The average molecular weight is 671 g/mol. The molecular weight excluding hydrogens is 640 g/mol. The molecule has 1 aliphatic carbocycles. The summed E-state index contributed by atoms with van der Waals surface area (Å²) in [4.78, 5) is 42.7. The Bertz CT molecular complexity index is 1780. The van der Waals surface area contributed by atoms with E-state index in [4.69, 9.17) is 19.6 Å². The third-order valence-electron chi connectivity index (χ3n) is 7.25. The molecule has 1 unspecified atom stereocenters. The number of halogens is 4. The highest BCUT2D eigenvalue weighted by atomic mass is 19.3. The molecule has 48 heavy (non-hydrogen) atoms. The Kier molecular flexibility index (Phi) is 10.5. The van der Waals surface area contributed by atoms with Crippen LogP contribution in [0.15, 0.2) is 71.1 Å². The first kappa shape index (κ1) is 33.8. The zero-order valence-electron chi connectivity index (χ0n) is 25.4. The lowest BCUT2D eigenvalue weighted by molar-refractivity contribution is -0.123. The molecule has 2 atom stereocenters. The molecule has 1 aliphatic rings. The highest BCUT2D eigenvalue weighted by Crippen LogP contribution is 2.36. The molecule has 252 valence electrons. The number of hydrogen-bond acceptors (Lipinski definition) is 8. The van der Waals surface area contributed by atoms with Crippen molar-refractivity contribution < 1.29 is 50.6 Å². The standard InChI is InChI=1S/C33H30F4N4O7/c1-17(46-33(38)44)28-27(30(43)40-26(29(42)39-15-18-7-8-18)22-11-10-21(34)14-23(22)35)41-31(48-28)20-9-12-24(47-32(36)37)25(13-20)45-16-19-5-3-2-4-6-19/h2-6,9-14,17-18,26,32H,7-8,15-16H2,1H3,(H2,38,44)(H,39,42)(H,40,43)/t17-,26?/m0/s1. The Morgan fingerprint density at radius 3 is 2.44 bits per heavy atom. The van der Waals surface area contributed by atoms with Crippen LogP contribution in [0.25, 0.3) is 11.5 Å². The van der Waals surface area contributed by atoms with Crippen LogP contribution in [-0.2, 0) is 16.1 Å². The van der Waals surface area contributed by atoms with Crippen molar-refractivity contribution in [2.24, 2.45) is 11.7 Å².